The van der Waals surface area contributed by atoms with Crippen molar-refractivity contribution in [1.82, 2.24) is 14.5 Å². The molecule has 1 atom stereocenters. The molecule has 41 heavy (non-hydrogen) atoms. The Morgan fingerprint density at radius 1 is 1.07 bits per heavy atom. The normalized spacial score (nSPS) is 14.5. The number of hydrogen-bond acceptors (Lipinski definition) is 5. The van der Waals surface area contributed by atoms with Gasteiger partial charge in [-0.1, -0.05) is 36.4 Å². The number of ether oxygens (including phenoxy) is 3. The zero-order chi connectivity index (χ0) is 28.3. The highest BCUT2D eigenvalue weighted by Gasteiger charge is 2.28. The van der Waals surface area contributed by atoms with Crippen molar-refractivity contribution in [2.24, 2.45) is 0 Å². The standard InChI is InChI=1S/C33H29FN4O3/c1-21-7-12-29-30(17-21)38(14-16-39-3)33(37-29)32-26-11-9-23(18-22(26)13-15-40-32)28-5-4-6-31(36-28)41-20-24-8-10-25(35-2)19-27(24)34/h4-12,17-19,32H,13-16,20H2,1,3H3/t32-/m0/s1. The zero-order valence-corrected chi connectivity index (χ0v) is 22.9. The fourth-order valence-electron chi connectivity index (χ4n) is 5.23. The summed E-state index contributed by atoms with van der Waals surface area (Å²) in [4.78, 5) is 12.9. The molecule has 1 aliphatic rings. The second-order valence-corrected chi connectivity index (χ2v) is 10.1. The molecule has 0 aliphatic carbocycles. The van der Waals surface area contributed by atoms with Crippen LogP contribution in [-0.4, -0.2) is 34.9 Å². The van der Waals surface area contributed by atoms with Crippen molar-refractivity contribution in [2.75, 3.05) is 20.3 Å². The summed E-state index contributed by atoms with van der Waals surface area (Å²) in [6.45, 7) is 11.0. The Kier molecular flexibility index (Phi) is 7.47. The molecule has 0 N–H and O–H groups in total. The molecule has 7 nitrogen and oxygen atoms in total. The van der Waals surface area contributed by atoms with Gasteiger partial charge < -0.3 is 18.8 Å². The third-order valence-electron chi connectivity index (χ3n) is 7.33. The van der Waals surface area contributed by atoms with Crippen molar-refractivity contribution in [3.05, 3.63) is 118 Å². The molecule has 0 amide bonds. The third-order valence-corrected chi connectivity index (χ3v) is 7.33. The molecule has 3 aromatic carbocycles. The van der Waals surface area contributed by atoms with Crippen LogP contribution in [0.25, 0.3) is 27.1 Å². The van der Waals surface area contributed by atoms with Gasteiger partial charge in [-0.25, -0.2) is 19.2 Å². The van der Waals surface area contributed by atoms with E-state index in [2.05, 4.69) is 51.7 Å². The number of imidazole rings is 1. The third kappa shape index (κ3) is 5.42. The number of aromatic nitrogens is 3. The van der Waals surface area contributed by atoms with Crippen LogP contribution in [0.5, 0.6) is 5.88 Å². The number of nitrogens with zero attached hydrogens (tertiary/aromatic N) is 4. The SMILES string of the molecule is [C-]#[N+]c1ccc(COc2cccc(-c3ccc4c(c3)CCO[C@@H]4c3nc4ccc(C)cc4n3CCOC)n2)c(F)c1. The number of fused-ring (bicyclic) bond motifs is 2. The van der Waals surface area contributed by atoms with Crippen molar-refractivity contribution in [3.8, 4) is 17.1 Å². The summed E-state index contributed by atoms with van der Waals surface area (Å²) < 4.78 is 34.0. The maximum absolute atomic E-state index is 14.3. The van der Waals surface area contributed by atoms with Gasteiger partial charge in [0.25, 0.3) is 0 Å². The lowest BCUT2D eigenvalue weighted by molar-refractivity contribution is 0.0609. The smallest absolute Gasteiger partial charge is 0.214 e. The van der Waals surface area contributed by atoms with Crippen molar-refractivity contribution in [1.29, 1.82) is 0 Å². The lowest BCUT2D eigenvalue weighted by Crippen LogP contribution is -2.21. The minimum Gasteiger partial charge on any atom is -0.473 e. The van der Waals surface area contributed by atoms with Gasteiger partial charge in [-0.05, 0) is 60.4 Å². The molecule has 8 heteroatoms. The van der Waals surface area contributed by atoms with Gasteiger partial charge in [0, 0.05) is 30.8 Å². The van der Waals surface area contributed by atoms with Gasteiger partial charge in [0.15, 0.2) is 5.69 Å². The van der Waals surface area contributed by atoms with E-state index in [1.54, 1.807) is 25.3 Å². The maximum atomic E-state index is 14.3. The Morgan fingerprint density at radius 2 is 1.98 bits per heavy atom. The van der Waals surface area contributed by atoms with Crippen LogP contribution in [0, 0.1) is 19.3 Å². The first-order chi connectivity index (χ1) is 20.0. The van der Waals surface area contributed by atoms with E-state index in [9.17, 15) is 4.39 Å². The van der Waals surface area contributed by atoms with Gasteiger partial charge in [-0.15, -0.1) is 0 Å². The van der Waals surface area contributed by atoms with Gasteiger partial charge in [0.05, 0.1) is 36.5 Å². The predicted molar refractivity (Wildman–Crippen MR) is 155 cm³/mol. The number of aryl methyl sites for hydroxylation is 1. The molecule has 0 bridgehead atoms. The summed E-state index contributed by atoms with van der Waals surface area (Å²) in [6, 6.07) is 22.5. The molecule has 5 aromatic rings. The molecule has 0 saturated carbocycles. The molecule has 3 heterocycles. The van der Waals surface area contributed by atoms with Crippen LogP contribution in [0.3, 0.4) is 0 Å². The van der Waals surface area contributed by atoms with E-state index in [1.165, 1.54) is 17.2 Å². The minimum atomic E-state index is -0.466. The predicted octanol–water partition coefficient (Wildman–Crippen LogP) is 6.98. The van der Waals surface area contributed by atoms with Crippen LogP contribution in [0.15, 0.2) is 72.8 Å². The Morgan fingerprint density at radius 3 is 2.80 bits per heavy atom. The molecule has 0 saturated heterocycles. The molecule has 6 rings (SSSR count). The number of benzene rings is 3. The average molecular weight is 549 g/mol. The summed E-state index contributed by atoms with van der Waals surface area (Å²) in [6.07, 6.45) is 0.497. The van der Waals surface area contributed by atoms with Crippen molar-refractivity contribution >= 4 is 16.7 Å². The monoisotopic (exact) mass is 548 g/mol. The molecule has 0 unspecified atom stereocenters. The second-order valence-electron chi connectivity index (χ2n) is 10.1. The molecule has 0 fully saturated rings. The van der Waals surface area contributed by atoms with Crippen LogP contribution in [0.2, 0.25) is 0 Å². The molecule has 2 aromatic heterocycles. The van der Waals surface area contributed by atoms with E-state index in [4.69, 9.17) is 25.8 Å². The van der Waals surface area contributed by atoms with E-state index in [0.717, 1.165) is 40.1 Å². The Labute approximate surface area is 238 Å². The average Bonchev–Trinajstić information content (AvgIpc) is 3.36. The first-order valence-corrected chi connectivity index (χ1v) is 13.5. The van der Waals surface area contributed by atoms with Crippen LogP contribution >= 0.6 is 0 Å². The van der Waals surface area contributed by atoms with Crippen molar-refractivity contribution < 1.29 is 18.6 Å². The largest absolute Gasteiger partial charge is 0.473 e. The fraction of sp³-hybridized carbons (Fsp3) is 0.242. The molecule has 0 spiro atoms. The number of hydrogen-bond donors (Lipinski definition) is 0. The van der Waals surface area contributed by atoms with E-state index in [-0.39, 0.29) is 18.4 Å². The first-order valence-electron chi connectivity index (χ1n) is 13.5. The molecule has 1 aliphatic heterocycles. The number of methoxy groups -OCH3 is 1. The lowest BCUT2D eigenvalue weighted by atomic mass is 9.94. The first kappa shape index (κ1) is 26.6. The van der Waals surface area contributed by atoms with Gasteiger partial charge in [0.2, 0.25) is 5.88 Å². The molecular formula is C33H29FN4O3. The van der Waals surface area contributed by atoms with E-state index in [1.807, 2.05) is 18.2 Å². The van der Waals surface area contributed by atoms with E-state index < -0.39 is 5.82 Å². The zero-order valence-electron chi connectivity index (χ0n) is 22.9. The van der Waals surface area contributed by atoms with Crippen molar-refractivity contribution in [3.63, 3.8) is 0 Å². The highest BCUT2D eigenvalue weighted by atomic mass is 19.1. The van der Waals surface area contributed by atoms with Gasteiger partial charge in [-0.3, -0.25) is 0 Å². The quantitative estimate of drug-likeness (QED) is 0.196. The summed E-state index contributed by atoms with van der Waals surface area (Å²) >= 11 is 0. The van der Waals surface area contributed by atoms with Crippen molar-refractivity contribution in [2.45, 2.75) is 32.6 Å². The lowest BCUT2D eigenvalue weighted by Gasteiger charge is -2.27. The van der Waals surface area contributed by atoms with Gasteiger partial charge in [0.1, 0.15) is 24.4 Å². The van der Waals surface area contributed by atoms with Crippen LogP contribution in [0.1, 0.15) is 34.2 Å². The van der Waals surface area contributed by atoms with Crippen LogP contribution in [-0.2, 0) is 29.0 Å². The molecule has 206 valence electrons. The minimum absolute atomic E-state index is 0.0212. The fourth-order valence-corrected chi connectivity index (χ4v) is 5.23. The number of pyridine rings is 1. The van der Waals surface area contributed by atoms with Gasteiger partial charge in [-0.2, -0.15) is 0 Å². The number of halogens is 1. The Balaban J connectivity index is 1.27. The highest BCUT2D eigenvalue weighted by molar-refractivity contribution is 5.77. The molecule has 0 radical (unpaired) electrons. The maximum Gasteiger partial charge on any atom is 0.214 e. The van der Waals surface area contributed by atoms with E-state index in [0.29, 0.717) is 31.2 Å². The topological polar surface area (TPSA) is 62.8 Å². The number of rotatable bonds is 8. The summed E-state index contributed by atoms with van der Waals surface area (Å²) in [5.41, 5.74) is 7.84. The van der Waals surface area contributed by atoms with Crippen LogP contribution < -0.4 is 4.74 Å². The summed E-state index contributed by atoms with van der Waals surface area (Å²) in [7, 11) is 1.71. The van der Waals surface area contributed by atoms with E-state index >= 15 is 0 Å². The Hall–Kier alpha value is -4.58. The summed E-state index contributed by atoms with van der Waals surface area (Å²) in [5.74, 6) is 0.811. The summed E-state index contributed by atoms with van der Waals surface area (Å²) in [5, 5.41) is 0. The second kappa shape index (κ2) is 11.5. The van der Waals surface area contributed by atoms with Gasteiger partial charge >= 0.3 is 0 Å². The highest BCUT2D eigenvalue weighted by Crippen LogP contribution is 2.36. The van der Waals surface area contributed by atoms with Crippen LogP contribution in [0.4, 0.5) is 10.1 Å². The Bertz CT molecular complexity index is 1770. The molecular weight excluding hydrogens is 519 g/mol.